The monoisotopic (exact) mass is 355 g/mol. The fourth-order valence-corrected chi connectivity index (χ4v) is 2.73. The van der Waals surface area contributed by atoms with Crippen molar-refractivity contribution in [2.45, 2.75) is 19.3 Å². The molecule has 0 unspecified atom stereocenters. The second-order valence-electron chi connectivity index (χ2n) is 5.88. The molecule has 2 N–H and O–H groups in total. The molecular formula is C19H18FN3O3. The maximum absolute atomic E-state index is 13.2. The molecule has 0 aliphatic heterocycles. The van der Waals surface area contributed by atoms with Crippen molar-refractivity contribution in [1.29, 1.82) is 0 Å². The molecule has 1 aromatic carbocycles. The van der Waals surface area contributed by atoms with Gasteiger partial charge in [-0.05, 0) is 43.2 Å². The largest absolute Gasteiger partial charge is 0.469 e. The van der Waals surface area contributed by atoms with Crippen molar-refractivity contribution in [3.8, 4) is 0 Å². The Morgan fingerprint density at radius 2 is 2.08 bits per heavy atom. The number of nitrogens with one attached hydrogen (secondary N) is 2. The number of nitrogens with zero attached hydrogens (tertiary/aromatic N) is 1. The zero-order chi connectivity index (χ0) is 18.5. The van der Waals surface area contributed by atoms with E-state index >= 15 is 0 Å². The maximum atomic E-state index is 13.2. The smallest absolute Gasteiger partial charge is 0.263 e. The molecule has 0 saturated carbocycles. The Balaban J connectivity index is 1.69. The molecule has 0 spiro atoms. The first-order valence-electron chi connectivity index (χ1n) is 8.17. The molecule has 1 atom stereocenters. The summed E-state index contributed by atoms with van der Waals surface area (Å²) < 4.78 is 18.7. The number of halogens is 1. The number of amides is 1. The first-order valence-corrected chi connectivity index (χ1v) is 8.17. The lowest BCUT2D eigenvalue weighted by molar-refractivity contribution is 0.0950. The summed E-state index contributed by atoms with van der Waals surface area (Å²) in [5, 5.41) is 2.72. The minimum absolute atomic E-state index is 0.0352. The van der Waals surface area contributed by atoms with E-state index < -0.39 is 11.5 Å². The fourth-order valence-electron chi connectivity index (χ4n) is 2.73. The average Bonchev–Trinajstić information content (AvgIpc) is 3.14. The summed E-state index contributed by atoms with van der Waals surface area (Å²) in [6.07, 6.45) is 3.36. The fraction of sp³-hybridized carbons (Fsp3) is 0.211. The van der Waals surface area contributed by atoms with Gasteiger partial charge in [0.1, 0.15) is 23.0 Å². The summed E-state index contributed by atoms with van der Waals surface area (Å²) in [5.74, 6) is 0.226. The highest BCUT2D eigenvalue weighted by atomic mass is 19.1. The Hall–Kier alpha value is -3.22. The Bertz CT molecular complexity index is 933. The Kier molecular flexibility index (Phi) is 5.26. The van der Waals surface area contributed by atoms with Gasteiger partial charge in [0, 0.05) is 18.7 Å². The Labute approximate surface area is 149 Å². The number of rotatable bonds is 6. The number of benzene rings is 1. The molecule has 1 amide bonds. The van der Waals surface area contributed by atoms with Crippen LogP contribution < -0.4 is 10.9 Å². The number of aryl methyl sites for hydroxylation is 1. The molecule has 7 heteroatoms. The van der Waals surface area contributed by atoms with Crippen molar-refractivity contribution in [2.24, 2.45) is 0 Å². The van der Waals surface area contributed by atoms with Crippen LogP contribution in [0.25, 0.3) is 0 Å². The van der Waals surface area contributed by atoms with Crippen LogP contribution in [0, 0.1) is 12.7 Å². The van der Waals surface area contributed by atoms with Crippen molar-refractivity contribution < 1.29 is 13.6 Å². The minimum atomic E-state index is -0.490. The van der Waals surface area contributed by atoms with E-state index in [1.54, 1.807) is 31.4 Å². The highest BCUT2D eigenvalue weighted by Crippen LogP contribution is 2.28. The molecule has 0 saturated heterocycles. The van der Waals surface area contributed by atoms with E-state index in [1.165, 1.54) is 18.3 Å². The van der Waals surface area contributed by atoms with Gasteiger partial charge in [0.15, 0.2) is 0 Å². The Morgan fingerprint density at radius 3 is 2.73 bits per heavy atom. The molecular weight excluding hydrogens is 337 g/mol. The standard InChI is InChI=1S/C19H18FN3O3/c1-12-22-11-16(19(25)23-12)18(24)21-9-8-15(17-3-2-10-26-17)13-4-6-14(20)7-5-13/h2-7,10-11,15H,8-9H2,1H3,(H,21,24)(H,22,23,25)/t15-/m0/s1. The molecule has 134 valence electrons. The number of aromatic amines is 1. The summed E-state index contributed by atoms with van der Waals surface area (Å²) in [6.45, 7) is 1.95. The van der Waals surface area contributed by atoms with E-state index in [0.29, 0.717) is 18.8 Å². The second-order valence-corrected chi connectivity index (χ2v) is 5.88. The molecule has 0 bridgehead atoms. The van der Waals surface area contributed by atoms with Crippen LogP contribution in [-0.4, -0.2) is 22.4 Å². The normalized spacial score (nSPS) is 11.9. The first kappa shape index (κ1) is 17.6. The van der Waals surface area contributed by atoms with Gasteiger partial charge in [0.25, 0.3) is 11.5 Å². The van der Waals surface area contributed by atoms with Crippen molar-refractivity contribution in [2.75, 3.05) is 6.54 Å². The topological polar surface area (TPSA) is 88.0 Å². The molecule has 2 heterocycles. The summed E-state index contributed by atoms with van der Waals surface area (Å²) >= 11 is 0. The summed E-state index contributed by atoms with van der Waals surface area (Å²) in [5.41, 5.74) is 0.369. The van der Waals surface area contributed by atoms with Gasteiger partial charge in [-0.2, -0.15) is 0 Å². The van der Waals surface area contributed by atoms with Crippen molar-refractivity contribution in [1.82, 2.24) is 15.3 Å². The quantitative estimate of drug-likeness (QED) is 0.712. The van der Waals surface area contributed by atoms with Gasteiger partial charge < -0.3 is 14.7 Å². The number of aromatic nitrogens is 2. The molecule has 0 aliphatic rings. The van der Waals surface area contributed by atoms with Crippen LogP contribution in [0.2, 0.25) is 0 Å². The lowest BCUT2D eigenvalue weighted by Crippen LogP contribution is -2.31. The number of H-pyrrole nitrogens is 1. The number of hydrogen-bond acceptors (Lipinski definition) is 4. The molecule has 26 heavy (non-hydrogen) atoms. The molecule has 3 rings (SSSR count). The average molecular weight is 355 g/mol. The summed E-state index contributed by atoms with van der Waals surface area (Å²) in [6, 6.07) is 9.78. The third-order valence-corrected chi connectivity index (χ3v) is 4.05. The lowest BCUT2D eigenvalue weighted by atomic mass is 9.93. The van der Waals surface area contributed by atoms with Gasteiger partial charge in [-0.15, -0.1) is 0 Å². The lowest BCUT2D eigenvalue weighted by Gasteiger charge is -2.15. The predicted octanol–water partition coefficient (Wildman–Crippen LogP) is 2.76. The van der Waals surface area contributed by atoms with Crippen molar-refractivity contribution in [3.05, 3.63) is 87.7 Å². The van der Waals surface area contributed by atoms with Gasteiger partial charge in [0.05, 0.1) is 6.26 Å². The van der Waals surface area contributed by atoms with Crippen LogP contribution in [0.15, 0.2) is 58.1 Å². The van der Waals surface area contributed by atoms with Crippen molar-refractivity contribution >= 4 is 5.91 Å². The highest BCUT2D eigenvalue weighted by Gasteiger charge is 2.18. The molecule has 0 aliphatic carbocycles. The van der Waals surface area contributed by atoms with Crippen molar-refractivity contribution in [3.63, 3.8) is 0 Å². The van der Waals surface area contributed by atoms with Gasteiger partial charge in [0.2, 0.25) is 0 Å². The van der Waals surface area contributed by atoms with Crippen LogP contribution >= 0.6 is 0 Å². The molecule has 2 aromatic heterocycles. The third kappa shape index (κ3) is 4.05. The Morgan fingerprint density at radius 1 is 1.31 bits per heavy atom. The van der Waals surface area contributed by atoms with Crippen LogP contribution in [0.4, 0.5) is 4.39 Å². The number of furan rings is 1. The third-order valence-electron chi connectivity index (χ3n) is 4.05. The number of carbonyl (C=O) groups excluding carboxylic acids is 1. The van der Waals surface area contributed by atoms with Crippen LogP contribution in [-0.2, 0) is 0 Å². The summed E-state index contributed by atoms with van der Waals surface area (Å²) in [4.78, 5) is 30.4. The van der Waals surface area contributed by atoms with Crippen LogP contribution in [0.1, 0.15) is 39.8 Å². The molecule has 6 nitrogen and oxygen atoms in total. The predicted molar refractivity (Wildman–Crippen MR) is 93.5 cm³/mol. The van der Waals surface area contributed by atoms with Gasteiger partial charge in [-0.3, -0.25) is 9.59 Å². The van der Waals surface area contributed by atoms with E-state index in [2.05, 4.69) is 15.3 Å². The van der Waals surface area contributed by atoms with E-state index in [4.69, 9.17) is 4.42 Å². The van der Waals surface area contributed by atoms with Crippen LogP contribution in [0.3, 0.4) is 0 Å². The van der Waals surface area contributed by atoms with Gasteiger partial charge in [-0.25, -0.2) is 9.37 Å². The van der Waals surface area contributed by atoms with E-state index in [0.717, 1.165) is 11.3 Å². The maximum Gasteiger partial charge on any atom is 0.263 e. The van der Waals surface area contributed by atoms with E-state index in [9.17, 15) is 14.0 Å². The molecule has 0 radical (unpaired) electrons. The highest BCUT2D eigenvalue weighted by molar-refractivity contribution is 5.93. The number of carbonyl (C=O) groups is 1. The SMILES string of the molecule is Cc1ncc(C(=O)NCC[C@@H](c2ccc(F)cc2)c2ccco2)c(=O)[nH]1. The summed E-state index contributed by atoms with van der Waals surface area (Å²) in [7, 11) is 0. The zero-order valence-corrected chi connectivity index (χ0v) is 14.2. The van der Waals surface area contributed by atoms with Gasteiger partial charge >= 0.3 is 0 Å². The minimum Gasteiger partial charge on any atom is -0.469 e. The van der Waals surface area contributed by atoms with Gasteiger partial charge in [-0.1, -0.05) is 12.1 Å². The second kappa shape index (κ2) is 7.77. The molecule has 0 fully saturated rings. The van der Waals surface area contributed by atoms with E-state index in [1.807, 2.05) is 6.07 Å². The van der Waals surface area contributed by atoms with Crippen LogP contribution in [0.5, 0.6) is 0 Å². The van der Waals surface area contributed by atoms with E-state index in [-0.39, 0.29) is 17.3 Å². The number of hydrogen-bond donors (Lipinski definition) is 2. The molecule has 3 aromatic rings. The zero-order valence-electron chi connectivity index (χ0n) is 14.2. The first-order chi connectivity index (χ1) is 12.5.